The maximum Gasteiger partial charge on any atom is 0.404 e. The zero-order valence-electron chi connectivity index (χ0n) is 42.6. The zero-order valence-corrected chi connectivity index (χ0v) is 43.4. The van der Waals surface area contributed by atoms with E-state index in [0.29, 0.717) is 58.9 Å². The van der Waals surface area contributed by atoms with Gasteiger partial charge in [-0.25, -0.2) is 24.7 Å². The number of hydrogen-bond donors (Lipinski definition) is 6. The van der Waals surface area contributed by atoms with Gasteiger partial charge in [-0.3, -0.25) is 23.7 Å². The number of thioether (sulfide) groups is 1. The van der Waals surface area contributed by atoms with Gasteiger partial charge in [0.2, 0.25) is 5.95 Å². The summed E-state index contributed by atoms with van der Waals surface area (Å²) < 4.78 is 14.2. The maximum absolute atomic E-state index is 13.7. The predicted molar refractivity (Wildman–Crippen MR) is 280 cm³/mol. The standard InChI is InChI=1S/C35H41N9O5.C17H23N5O2S/c1-43-16-14-24(15-17-43)38-32(45)22-12-13-26(28(18-22)49-3)40-34-36-19-23-10-7-11-25-30(42-44(2)31(25)29(23)41-34)33(46)39-27(20-37-35(47)48)21-8-5-4-6-9-21;1-22-15-12(14(21-22)16(18)23)10(5-4-8-24-2)6-7-11-9-19-17(25-3)20-13(11)15/h4-6,8-9,12-13,18-19,24,27,37H,7,10-11,14-17,20H2,1-3H3,(H,38,45)(H,39,46)(H,47,48)(H,36,40,41);9-10H,4-8H2,1-3H3,(H2,18,23)/t27-;/m1./s1. The number of methoxy groups -OCH3 is 2. The lowest BCUT2D eigenvalue weighted by Gasteiger charge is -2.29. The number of benzene rings is 2. The number of primary amides is 1. The SMILES string of the molecule is COCCCC1CCc2cnc(SC)nc2-c2c1c(C(N)=O)nn2C.COc1cc(C(=O)NC2CCN(C)CC2)ccc1Nc1ncc2c(n1)-c1c(c(C(=O)N[C@H](CNC(=O)O)c3ccccc3)nn1C)CCC2. The first-order valence-electron chi connectivity index (χ1n) is 24.7. The number of carbonyl (C=O) groups excluding carboxylic acids is 3. The van der Waals surface area contributed by atoms with Crippen LogP contribution in [0, 0.1) is 0 Å². The molecule has 3 aliphatic rings. The van der Waals surface area contributed by atoms with E-state index in [0.717, 1.165) is 103 Å². The molecule has 7 N–H and O–H groups in total. The molecule has 2 atom stereocenters. The van der Waals surface area contributed by atoms with Gasteiger partial charge >= 0.3 is 6.09 Å². The number of likely N-dealkylation sites (tertiary alicyclic amines) is 1. The van der Waals surface area contributed by atoms with E-state index >= 15 is 0 Å². The van der Waals surface area contributed by atoms with Crippen molar-refractivity contribution in [3.63, 3.8) is 0 Å². The molecule has 0 bridgehead atoms. The molecule has 0 radical (unpaired) electrons. The molecule has 0 spiro atoms. The Morgan fingerprint density at radius 3 is 2.30 bits per heavy atom. The lowest BCUT2D eigenvalue weighted by atomic mass is 9.89. The molecule has 9 rings (SSSR count). The van der Waals surface area contributed by atoms with Crippen LogP contribution in [-0.4, -0.2) is 133 Å². The van der Waals surface area contributed by atoms with Crippen LogP contribution in [-0.2, 0) is 38.1 Å². The van der Waals surface area contributed by atoms with Crippen LogP contribution in [0.4, 0.5) is 16.4 Å². The van der Waals surface area contributed by atoms with Crippen molar-refractivity contribution in [3.8, 4) is 28.5 Å². The summed E-state index contributed by atoms with van der Waals surface area (Å²) in [5.41, 5.74) is 15.0. The number of amides is 4. The summed E-state index contributed by atoms with van der Waals surface area (Å²) in [6.07, 6.45) is 12.0. The molecule has 4 aromatic heterocycles. The van der Waals surface area contributed by atoms with Crippen molar-refractivity contribution < 1.29 is 33.8 Å². The van der Waals surface area contributed by atoms with Crippen LogP contribution in [0.5, 0.6) is 5.75 Å². The molecule has 2 aromatic carbocycles. The number of aryl methyl sites for hydroxylation is 4. The van der Waals surface area contributed by atoms with Crippen molar-refractivity contribution in [1.29, 1.82) is 0 Å². The van der Waals surface area contributed by atoms with Gasteiger partial charge in [-0.1, -0.05) is 42.1 Å². The lowest BCUT2D eigenvalue weighted by Crippen LogP contribution is -2.43. The molecular formula is C52H64N14O7S. The minimum Gasteiger partial charge on any atom is -0.495 e. The Morgan fingerprint density at radius 1 is 0.865 bits per heavy atom. The second-order valence-corrected chi connectivity index (χ2v) is 19.4. The van der Waals surface area contributed by atoms with E-state index in [1.165, 1.54) is 11.8 Å². The fourth-order valence-corrected chi connectivity index (χ4v) is 10.3. The van der Waals surface area contributed by atoms with Crippen molar-refractivity contribution in [2.45, 2.75) is 80.9 Å². The van der Waals surface area contributed by atoms with Gasteiger partial charge in [0.25, 0.3) is 17.7 Å². The van der Waals surface area contributed by atoms with Gasteiger partial charge in [0.1, 0.15) is 5.75 Å². The second-order valence-electron chi connectivity index (χ2n) is 18.6. The van der Waals surface area contributed by atoms with Gasteiger partial charge in [-0.2, -0.15) is 10.2 Å². The Hall–Kier alpha value is -7.43. The smallest absolute Gasteiger partial charge is 0.404 e. The Morgan fingerprint density at radius 2 is 1.58 bits per heavy atom. The highest BCUT2D eigenvalue weighted by Crippen LogP contribution is 2.41. The zero-order chi connectivity index (χ0) is 52.5. The fraction of sp³-hybridized carbons (Fsp3) is 0.423. The van der Waals surface area contributed by atoms with Gasteiger partial charge in [0, 0.05) is 69.5 Å². The molecule has 6 aromatic rings. The Kier molecular flexibility index (Phi) is 17.2. The van der Waals surface area contributed by atoms with Crippen LogP contribution < -0.4 is 31.7 Å². The van der Waals surface area contributed by atoms with Crippen LogP contribution >= 0.6 is 11.8 Å². The number of aromatic nitrogens is 8. The minimum atomic E-state index is -1.18. The molecule has 4 amide bonds. The summed E-state index contributed by atoms with van der Waals surface area (Å²) in [7, 11) is 8.95. The number of fused-ring (bicyclic) bond motifs is 6. The van der Waals surface area contributed by atoms with Gasteiger partial charge in [-0.15, -0.1) is 0 Å². The minimum absolute atomic E-state index is 0.00134. The van der Waals surface area contributed by atoms with Crippen molar-refractivity contribution in [3.05, 3.63) is 106 Å². The van der Waals surface area contributed by atoms with Crippen molar-refractivity contribution in [2.24, 2.45) is 19.8 Å². The van der Waals surface area contributed by atoms with Crippen LogP contribution in [0.25, 0.3) is 22.8 Å². The third-order valence-electron chi connectivity index (χ3n) is 13.7. The van der Waals surface area contributed by atoms with E-state index in [-0.39, 0.29) is 30.1 Å². The average molecular weight is 1030 g/mol. The van der Waals surface area contributed by atoms with Crippen molar-refractivity contribution in [2.75, 3.05) is 59.1 Å². The number of ether oxygens (including phenoxy) is 2. The molecule has 74 heavy (non-hydrogen) atoms. The average Bonchev–Trinajstić information content (AvgIpc) is 3.79. The molecular weight excluding hydrogens is 965 g/mol. The summed E-state index contributed by atoms with van der Waals surface area (Å²) in [6, 6.07) is 14.0. The topological polar surface area (TPSA) is 272 Å². The molecule has 2 aliphatic carbocycles. The van der Waals surface area contributed by atoms with E-state index in [2.05, 4.69) is 53.4 Å². The molecule has 1 unspecified atom stereocenters. The first-order chi connectivity index (χ1) is 35.8. The molecule has 22 heteroatoms. The monoisotopic (exact) mass is 1030 g/mol. The van der Waals surface area contributed by atoms with E-state index in [9.17, 15) is 24.3 Å². The molecule has 1 fully saturated rings. The van der Waals surface area contributed by atoms with Gasteiger partial charge in [0.05, 0.1) is 41.6 Å². The molecule has 0 saturated carbocycles. The largest absolute Gasteiger partial charge is 0.495 e. The third kappa shape index (κ3) is 12.1. The molecule has 1 aliphatic heterocycles. The Bertz CT molecular complexity index is 2990. The number of rotatable bonds is 16. The number of anilines is 2. The number of carbonyl (C=O) groups is 4. The van der Waals surface area contributed by atoms with E-state index in [1.807, 2.05) is 49.8 Å². The van der Waals surface area contributed by atoms with Gasteiger partial charge < -0.3 is 46.5 Å². The molecule has 1 saturated heterocycles. The van der Waals surface area contributed by atoms with Crippen LogP contribution in [0.3, 0.4) is 0 Å². The number of carboxylic acid groups (broad SMARTS) is 1. The molecule has 390 valence electrons. The number of nitrogens with two attached hydrogens (primary N) is 1. The summed E-state index contributed by atoms with van der Waals surface area (Å²) in [5, 5.41) is 30.7. The maximum atomic E-state index is 13.7. The van der Waals surface area contributed by atoms with Crippen LogP contribution in [0.15, 0.2) is 66.1 Å². The number of hydrogen-bond acceptors (Lipinski definition) is 15. The Labute approximate surface area is 433 Å². The van der Waals surface area contributed by atoms with E-state index in [4.69, 9.17) is 25.2 Å². The number of nitrogens with zero attached hydrogens (tertiary/aromatic N) is 9. The quantitative estimate of drug-likeness (QED) is 0.0378. The van der Waals surface area contributed by atoms with Crippen molar-refractivity contribution in [1.82, 2.24) is 60.3 Å². The number of nitrogens with one attached hydrogen (secondary N) is 4. The first-order valence-corrected chi connectivity index (χ1v) is 25.9. The molecule has 21 nitrogen and oxygen atoms in total. The third-order valence-corrected chi connectivity index (χ3v) is 14.3. The van der Waals surface area contributed by atoms with E-state index < -0.39 is 23.9 Å². The van der Waals surface area contributed by atoms with Crippen molar-refractivity contribution >= 4 is 47.2 Å². The number of piperidine rings is 1. The first kappa shape index (κ1) is 52.9. The highest BCUT2D eigenvalue weighted by atomic mass is 32.2. The predicted octanol–water partition coefficient (Wildman–Crippen LogP) is 5.84. The van der Waals surface area contributed by atoms with Gasteiger partial charge in [-0.05, 0) is 125 Å². The Balaban J connectivity index is 0.000000244. The highest BCUT2D eigenvalue weighted by molar-refractivity contribution is 7.98. The summed E-state index contributed by atoms with van der Waals surface area (Å²) >= 11 is 1.50. The van der Waals surface area contributed by atoms with Crippen LogP contribution in [0.2, 0.25) is 0 Å². The normalized spacial score (nSPS) is 15.6. The van der Waals surface area contributed by atoms with E-state index in [1.54, 1.807) is 55.0 Å². The summed E-state index contributed by atoms with van der Waals surface area (Å²) in [6.45, 7) is 2.60. The summed E-state index contributed by atoms with van der Waals surface area (Å²) in [5.74, 6) is -0.0370. The molecule has 5 heterocycles. The summed E-state index contributed by atoms with van der Waals surface area (Å²) in [4.78, 5) is 70.8. The fourth-order valence-electron chi connectivity index (χ4n) is 9.93. The second kappa shape index (κ2) is 24.1. The van der Waals surface area contributed by atoms with Gasteiger partial charge in [0.15, 0.2) is 16.5 Å². The van der Waals surface area contributed by atoms with Crippen LogP contribution in [0.1, 0.15) is 110 Å². The highest BCUT2D eigenvalue weighted by Gasteiger charge is 2.33. The lowest BCUT2D eigenvalue weighted by molar-refractivity contribution is 0.0912.